The molecule has 0 atom stereocenters. The summed E-state index contributed by atoms with van der Waals surface area (Å²) in [4.78, 5) is 37.1. The number of amides is 1. The van der Waals surface area contributed by atoms with Crippen LogP contribution in [0.25, 0.3) is 11.3 Å². The van der Waals surface area contributed by atoms with Crippen LogP contribution in [0.5, 0.6) is 11.5 Å². The van der Waals surface area contributed by atoms with Crippen molar-refractivity contribution in [3.05, 3.63) is 74.3 Å². The monoisotopic (exact) mass is 478 g/mol. The number of hydrogen-bond acceptors (Lipinski definition) is 10. The molecule has 0 aliphatic carbocycles. The average molecular weight is 478 g/mol. The summed E-state index contributed by atoms with van der Waals surface area (Å²) in [6, 6.07) is 12.2. The highest BCUT2D eigenvalue weighted by Gasteiger charge is 2.26. The van der Waals surface area contributed by atoms with Crippen LogP contribution in [-0.2, 0) is 0 Å². The fraction of sp³-hybridized carbons (Fsp3) is 0.227. The van der Waals surface area contributed by atoms with Gasteiger partial charge in [-0.15, -0.1) is 10.2 Å². The van der Waals surface area contributed by atoms with Crippen LogP contribution in [0, 0.1) is 20.2 Å². The van der Waals surface area contributed by atoms with Crippen LogP contribution in [0.4, 0.5) is 17.2 Å². The summed E-state index contributed by atoms with van der Waals surface area (Å²) >= 11 is 0. The van der Waals surface area contributed by atoms with Gasteiger partial charge in [0, 0.05) is 43.9 Å². The first-order valence-corrected chi connectivity index (χ1v) is 10.6. The SMILES string of the molecule is O=C(c1cc([N+](=O)[O-])cc([N+](=O)[O-])c1)N1CCN(c2ccc(-c3ccc4c(c3)OCO4)nn2)CC1. The van der Waals surface area contributed by atoms with E-state index >= 15 is 0 Å². The standard InChI is InChI=1S/C22H18N6O7/c29-22(15-9-16(27(30)31)12-17(10-15)28(32)33)26-7-5-25(6-8-26)21-4-2-18(23-24-21)14-1-3-19-20(11-14)35-13-34-19/h1-4,9-12H,5-8,13H2. The lowest BCUT2D eigenvalue weighted by Gasteiger charge is -2.35. The highest BCUT2D eigenvalue weighted by Crippen LogP contribution is 2.35. The van der Waals surface area contributed by atoms with Crippen LogP contribution < -0.4 is 14.4 Å². The molecular weight excluding hydrogens is 460 g/mol. The zero-order valence-electron chi connectivity index (χ0n) is 18.2. The molecule has 0 saturated carbocycles. The fourth-order valence-electron chi connectivity index (χ4n) is 3.95. The number of fused-ring (bicyclic) bond motifs is 1. The van der Waals surface area contributed by atoms with Gasteiger partial charge in [-0.25, -0.2) is 0 Å². The van der Waals surface area contributed by atoms with Crippen molar-refractivity contribution in [3.63, 3.8) is 0 Å². The first-order valence-electron chi connectivity index (χ1n) is 10.6. The van der Waals surface area contributed by atoms with Gasteiger partial charge < -0.3 is 19.3 Å². The molecular formula is C22H18N6O7. The van der Waals surface area contributed by atoms with E-state index in [-0.39, 0.29) is 12.4 Å². The molecule has 0 radical (unpaired) electrons. The van der Waals surface area contributed by atoms with E-state index in [0.717, 1.165) is 23.8 Å². The van der Waals surface area contributed by atoms with Crippen molar-refractivity contribution in [1.29, 1.82) is 0 Å². The molecule has 13 heteroatoms. The Bertz CT molecular complexity index is 1290. The second-order valence-electron chi connectivity index (χ2n) is 7.88. The molecule has 0 N–H and O–H groups in total. The van der Waals surface area contributed by atoms with Gasteiger partial charge in [-0.1, -0.05) is 0 Å². The van der Waals surface area contributed by atoms with E-state index in [1.807, 2.05) is 35.2 Å². The first-order chi connectivity index (χ1) is 16.9. The summed E-state index contributed by atoms with van der Waals surface area (Å²) in [6.07, 6.45) is 0. The number of nitro benzene ring substituents is 2. The lowest BCUT2D eigenvalue weighted by molar-refractivity contribution is -0.394. The largest absolute Gasteiger partial charge is 0.454 e. The lowest BCUT2D eigenvalue weighted by atomic mass is 10.1. The molecule has 2 aliphatic heterocycles. The molecule has 178 valence electrons. The third kappa shape index (κ3) is 4.38. The van der Waals surface area contributed by atoms with Crippen LogP contribution in [-0.4, -0.2) is 63.8 Å². The molecule has 2 aromatic carbocycles. The van der Waals surface area contributed by atoms with E-state index in [4.69, 9.17) is 9.47 Å². The molecule has 1 aromatic heterocycles. The highest BCUT2D eigenvalue weighted by molar-refractivity contribution is 5.95. The zero-order chi connectivity index (χ0) is 24.5. The van der Waals surface area contributed by atoms with Gasteiger partial charge in [-0.2, -0.15) is 0 Å². The Morgan fingerprint density at radius 1 is 0.829 bits per heavy atom. The van der Waals surface area contributed by atoms with Crippen LogP contribution >= 0.6 is 0 Å². The molecule has 0 bridgehead atoms. The topological polar surface area (TPSA) is 154 Å². The Kier molecular flexibility index (Phi) is 5.57. The Morgan fingerprint density at radius 3 is 2.14 bits per heavy atom. The van der Waals surface area contributed by atoms with E-state index in [0.29, 0.717) is 49.2 Å². The van der Waals surface area contributed by atoms with E-state index in [1.165, 1.54) is 4.90 Å². The maximum absolute atomic E-state index is 12.9. The van der Waals surface area contributed by atoms with Gasteiger partial charge in [-0.05, 0) is 30.3 Å². The van der Waals surface area contributed by atoms with E-state index < -0.39 is 27.1 Å². The van der Waals surface area contributed by atoms with Crippen LogP contribution in [0.2, 0.25) is 0 Å². The minimum absolute atomic E-state index is 0.0905. The van der Waals surface area contributed by atoms with Crippen molar-refractivity contribution in [2.75, 3.05) is 37.9 Å². The van der Waals surface area contributed by atoms with Gasteiger partial charge >= 0.3 is 0 Å². The van der Waals surface area contributed by atoms with Crippen molar-refractivity contribution in [2.24, 2.45) is 0 Å². The number of nitro groups is 2. The molecule has 1 fully saturated rings. The quantitative estimate of drug-likeness (QED) is 0.395. The summed E-state index contributed by atoms with van der Waals surface area (Å²) in [5, 5.41) is 30.9. The number of carbonyl (C=O) groups excluding carboxylic acids is 1. The second kappa shape index (κ2) is 8.85. The molecule has 35 heavy (non-hydrogen) atoms. The van der Waals surface area contributed by atoms with Crippen molar-refractivity contribution >= 4 is 23.1 Å². The Balaban J connectivity index is 1.25. The van der Waals surface area contributed by atoms with E-state index in [1.54, 1.807) is 0 Å². The van der Waals surface area contributed by atoms with E-state index in [9.17, 15) is 25.0 Å². The minimum Gasteiger partial charge on any atom is -0.454 e. The maximum Gasteiger partial charge on any atom is 0.277 e. The summed E-state index contributed by atoms with van der Waals surface area (Å²) in [6.45, 7) is 1.75. The zero-order valence-corrected chi connectivity index (χ0v) is 18.2. The number of rotatable bonds is 5. The van der Waals surface area contributed by atoms with Crippen molar-refractivity contribution in [1.82, 2.24) is 15.1 Å². The predicted octanol–water partition coefficient (Wildman–Crippen LogP) is 2.65. The summed E-state index contributed by atoms with van der Waals surface area (Å²) in [5.41, 5.74) is 0.424. The number of benzene rings is 2. The number of anilines is 1. The van der Waals surface area contributed by atoms with Gasteiger partial charge in [0.15, 0.2) is 17.3 Å². The maximum atomic E-state index is 12.9. The Hall–Kier alpha value is -4.81. The van der Waals surface area contributed by atoms with Crippen LogP contribution in [0.1, 0.15) is 10.4 Å². The van der Waals surface area contributed by atoms with Gasteiger partial charge in [0.05, 0.1) is 27.2 Å². The van der Waals surface area contributed by atoms with Gasteiger partial charge in [0.2, 0.25) is 6.79 Å². The number of carbonyl (C=O) groups is 1. The molecule has 3 aromatic rings. The summed E-state index contributed by atoms with van der Waals surface area (Å²) in [5.74, 6) is 1.49. The van der Waals surface area contributed by atoms with Gasteiger partial charge in [0.1, 0.15) is 0 Å². The molecule has 0 spiro atoms. The molecule has 3 heterocycles. The summed E-state index contributed by atoms with van der Waals surface area (Å²) in [7, 11) is 0. The molecule has 1 saturated heterocycles. The number of hydrogen-bond donors (Lipinski definition) is 0. The molecule has 13 nitrogen and oxygen atoms in total. The van der Waals surface area contributed by atoms with Gasteiger partial charge in [-0.3, -0.25) is 25.0 Å². The first kappa shape index (κ1) is 22.0. The Morgan fingerprint density at radius 2 is 1.51 bits per heavy atom. The average Bonchev–Trinajstić information content (AvgIpc) is 3.36. The highest BCUT2D eigenvalue weighted by atomic mass is 16.7. The normalized spacial score (nSPS) is 14.6. The summed E-state index contributed by atoms with van der Waals surface area (Å²) < 4.78 is 10.7. The predicted molar refractivity (Wildman–Crippen MR) is 121 cm³/mol. The van der Waals surface area contributed by atoms with Crippen molar-refractivity contribution < 1.29 is 24.1 Å². The Labute approximate surface area is 197 Å². The number of aromatic nitrogens is 2. The van der Waals surface area contributed by atoms with Crippen LogP contribution in [0.3, 0.4) is 0 Å². The fourth-order valence-corrected chi connectivity index (χ4v) is 3.95. The lowest BCUT2D eigenvalue weighted by Crippen LogP contribution is -2.49. The number of nitrogens with zero attached hydrogens (tertiary/aromatic N) is 6. The van der Waals surface area contributed by atoms with Crippen LogP contribution in [0.15, 0.2) is 48.5 Å². The number of non-ortho nitro benzene ring substituents is 2. The number of piperazine rings is 1. The van der Waals surface area contributed by atoms with E-state index in [2.05, 4.69) is 10.2 Å². The second-order valence-corrected chi connectivity index (χ2v) is 7.88. The third-order valence-corrected chi connectivity index (χ3v) is 5.78. The molecule has 0 unspecified atom stereocenters. The number of ether oxygens (including phenoxy) is 2. The van der Waals surface area contributed by atoms with Crippen molar-refractivity contribution in [2.45, 2.75) is 0 Å². The molecule has 2 aliphatic rings. The molecule has 1 amide bonds. The third-order valence-electron chi connectivity index (χ3n) is 5.78. The van der Waals surface area contributed by atoms with Crippen molar-refractivity contribution in [3.8, 4) is 22.8 Å². The van der Waals surface area contributed by atoms with Gasteiger partial charge in [0.25, 0.3) is 17.3 Å². The minimum atomic E-state index is -0.756. The molecule has 5 rings (SSSR count). The smallest absolute Gasteiger partial charge is 0.277 e.